The van der Waals surface area contributed by atoms with Crippen molar-refractivity contribution < 1.29 is 4.79 Å². The second-order valence-electron chi connectivity index (χ2n) is 5.06. The molecule has 106 valence electrons. The highest BCUT2D eigenvalue weighted by atomic mass is 16.1. The van der Waals surface area contributed by atoms with Gasteiger partial charge in [-0.25, -0.2) is 4.98 Å². The van der Waals surface area contributed by atoms with Crippen LogP contribution >= 0.6 is 0 Å². The van der Waals surface area contributed by atoms with Crippen LogP contribution in [0.4, 0.5) is 0 Å². The molecule has 1 amide bonds. The molecule has 2 aromatic carbocycles. The maximum Gasteiger partial charge on any atom is 0.249 e. The van der Waals surface area contributed by atoms with Gasteiger partial charge in [0.05, 0.1) is 22.9 Å². The van der Waals surface area contributed by atoms with Crippen molar-refractivity contribution in [3.05, 3.63) is 60.3 Å². The van der Waals surface area contributed by atoms with Gasteiger partial charge in [0.1, 0.15) is 5.69 Å². The van der Waals surface area contributed by atoms with Crippen LogP contribution in [0.15, 0.2) is 54.7 Å². The quantitative estimate of drug-likeness (QED) is 0.594. The summed E-state index contributed by atoms with van der Waals surface area (Å²) >= 11 is 0. The van der Waals surface area contributed by atoms with E-state index in [-0.39, 0.29) is 0 Å². The van der Waals surface area contributed by atoms with Crippen molar-refractivity contribution in [1.29, 1.82) is 0 Å². The number of para-hydroxylation sites is 2. The Labute approximate surface area is 125 Å². The molecular weight excluding hydrogens is 276 g/mol. The topological polar surface area (TPSA) is 84.7 Å². The molecule has 0 spiro atoms. The van der Waals surface area contributed by atoms with Gasteiger partial charge in [-0.15, -0.1) is 0 Å². The lowest BCUT2D eigenvalue weighted by molar-refractivity contribution is 0.100. The van der Waals surface area contributed by atoms with Gasteiger partial charge in [-0.3, -0.25) is 9.78 Å². The number of nitrogens with zero attached hydrogens (tertiary/aromatic N) is 2. The molecule has 4 rings (SSSR count). The molecule has 4 aromatic rings. The number of hydrogen-bond donors (Lipinski definition) is 2. The second-order valence-corrected chi connectivity index (χ2v) is 5.06. The standard InChI is InChI=1S/C17H12N4O/c18-17(22)10-4-3-7-12-11(10)8-15(20-12)16-9-19-13-5-1-2-6-14(13)21-16/h1-9,20H,(H2,18,22). The van der Waals surface area contributed by atoms with Gasteiger partial charge in [-0.1, -0.05) is 18.2 Å². The minimum Gasteiger partial charge on any atom is -0.366 e. The first-order valence-electron chi connectivity index (χ1n) is 6.86. The van der Waals surface area contributed by atoms with E-state index in [2.05, 4.69) is 15.0 Å². The van der Waals surface area contributed by atoms with Crippen LogP contribution in [0.1, 0.15) is 10.4 Å². The third kappa shape index (κ3) is 1.91. The molecule has 0 saturated heterocycles. The van der Waals surface area contributed by atoms with Crippen molar-refractivity contribution in [3.8, 4) is 11.4 Å². The fraction of sp³-hybridized carbons (Fsp3) is 0. The van der Waals surface area contributed by atoms with Crippen molar-refractivity contribution in [1.82, 2.24) is 15.0 Å². The highest BCUT2D eigenvalue weighted by molar-refractivity contribution is 6.06. The Hall–Kier alpha value is -3.21. The van der Waals surface area contributed by atoms with E-state index < -0.39 is 5.91 Å². The van der Waals surface area contributed by atoms with Gasteiger partial charge < -0.3 is 10.7 Å². The normalized spacial score (nSPS) is 11.1. The Morgan fingerprint density at radius 2 is 1.86 bits per heavy atom. The lowest BCUT2D eigenvalue weighted by atomic mass is 10.1. The summed E-state index contributed by atoms with van der Waals surface area (Å²) in [4.78, 5) is 23.8. The van der Waals surface area contributed by atoms with Gasteiger partial charge in [-0.2, -0.15) is 0 Å². The number of aromatic nitrogens is 3. The molecule has 3 N–H and O–H groups in total. The molecule has 0 fully saturated rings. The van der Waals surface area contributed by atoms with Gasteiger partial charge in [-0.05, 0) is 30.3 Å². The molecule has 0 atom stereocenters. The summed E-state index contributed by atoms with van der Waals surface area (Å²) in [7, 11) is 0. The van der Waals surface area contributed by atoms with Crippen LogP contribution in [0, 0.1) is 0 Å². The van der Waals surface area contributed by atoms with Gasteiger partial charge in [0.25, 0.3) is 0 Å². The Morgan fingerprint density at radius 3 is 2.68 bits per heavy atom. The zero-order valence-corrected chi connectivity index (χ0v) is 11.6. The van der Waals surface area contributed by atoms with Gasteiger partial charge in [0, 0.05) is 16.5 Å². The number of nitrogens with two attached hydrogens (primary N) is 1. The summed E-state index contributed by atoms with van der Waals surface area (Å²) in [5, 5.41) is 0.792. The molecule has 0 aliphatic heterocycles. The Balaban J connectivity index is 1.92. The van der Waals surface area contributed by atoms with Crippen LogP contribution in [0.5, 0.6) is 0 Å². The Bertz CT molecular complexity index is 1020. The largest absolute Gasteiger partial charge is 0.366 e. The maximum atomic E-state index is 11.5. The van der Waals surface area contributed by atoms with E-state index in [9.17, 15) is 4.79 Å². The third-order valence-electron chi connectivity index (χ3n) is 3.65. The number of nitrogens with one attached hydrogen (secondary N) is 1. The van der Waals surface area contributed by atoms with Gasteiger partial charge >= 0.3 is 0 Å². The number of amides is 1. The van der Waals surface area contributed by atoms with Crippen molar-refractivity contribution in [3.63, 3.8) is 0 Å². The lowest BCUT2D eigenvalue weighted by Gasteiger charge is -1.99. The summed E-state index contributed by atoms with van der Waals surface area (Å²) in [6, 6.07) is 15.0. The monoisotopic (exact) mass is 288 g/mol. The maximum absolute atomic E-state index is 11.5. The van der Waals surface area contributed by atoms with Crippen LogP contribution < -0.4 is 5.73 Å². The van der Waals surface area contributed by atoms with Crippen molar-refractivity contribution >= 4 is 27.8 Å². The van der Waals surface area contributed by atoms with Crippen LogP contribution in [-0.2, 0) is 0 Å². The van der Waals surface area contributed by atoms with E-state index in [0.717, 1.165) is 33.3 Å². The van der Waals surface area contributed by atoms with E-state index in [1.165, 1.54) is 0 Å². The van der Waals surface area contributed by atoms with Gasteiger partial charge in [0.15, 0.2) is 0 Å². The number of carbonyl (C=O) groups excluding carboxylic acids is 1. The number of hydrogen-bond acceptors (Lipinski definition) is 3. The van der Waals surface area contributed by atoms with Crippen molar-refractivity contribution in [2.75, 3.05) is 0 Å². The zero-order valence-electron chi connectivity index (χ0n) is 11.6. The van der Waals surface area contributed by atoms with E-state index in [0.29, 0.717) is 5.56 Å². The number of fused-ring (bicyclic) bond motifs is 2. The van der Waals surface area contributed by atoms with Crippen molar-refractivity contribution in [2.45, 2.75) is 0 Å². The number of aromatic amines is 1. The first-order chi connectivity index (χ1) is 10.7. The predicted octanol–water partition coefficient (Wildman–Crippen LogP) is 2.88. The number of primary amides is 1. The zero-order chi connectivity index (χ0) is 15.1. The Kier molecular flexibility index (Phi) is 2.66. The summed E-state index contributed by atoms with van der Waals surface area (Å²) in [5.74, 6) is -0.444. The highest BCUT2D eigenvalue weighted by Crippen LogP contribution is 2.26. The molecule has 2 heterocycles. The first kappa shape index (κ1) is 12.5. The minimum atomic E-state index is -0.444. The second kappa shape index (κ2) is 4.66. The van der Waals surface area contributed by atoms with Crippen LogP contribution in [0.2, 0.25) is 0 Å². The molecule has 0 aliphatic carbocycles. The summed E-state index contributed by atoms with van der Waals surface area (Å²) < 4.78 is 0. The molecule has 0 aliphatic rings. The number of benzene rings is 2. The average molecular weight is 288 g/mol. The summed E-state index contributed by atoms with van der Waals surface area (Å²) in [5.41, 5.74) is 9.97. The van der Waals surface area contributed by atoms with E-state index in [1.807, 2.05) is 36.4 Å². The van der Waals surface area contributed by atoms with E-state index >= 15 is 0 Å². The van der Waals surface area contributed by atoms with Crippen LogP contribution in [0.25, 0.3) is 33.3 Å². The van der Waals surface area contributed by atoms with Crippen LogP contribution in [0.3, 0.4) is 0 Å². The third-order valence-corrected chi connectivity index (χ3v) is 3.65. The molecular formula is C17H12N4O. The van der Waals surface area contributed by atoms with Crippen molar-refractivity contribution in [2.24, 2.45) is 5.73 Å². The Morgan fingerprint density at radius 1 is 1.05 bits per heavy atom. The summed E-state index contributed by atoms with van der Waals surface area (Å²) in [6.45, 7) is 0. The number of rotatable bonds is 2. The predicted molar refractivity (Wildman–Crippen MR) is 85.3 cm³/mol. The van der Waals surface area contributed by atoms with Crippen LogP contribution in [-0.4, -0.2) is 20.9 Å². The smallest absolute Gasteiger partial charge is 0.249 e. The average Bonchev–Trinajstić information content (AvgIpc) is 2.98. The van der Waals surface area contributed by atoms with E-state index in [1.54, 1.807) is 18.3 Å². The fourth-order valence-corrected chi connectivity index (χ4v) is 2.60. The molecule has 5 heteroatoms. The number of carbonyl (C=O) groups is 1. The molecule has 5 nitrogen and oxygen atoms in total. The minimum absolute atomic E-state index is 0.444. The molecule has 0 unspecified atom stereocenters. The molecule has 0 saturated carbocycles. The first-order valence-corrected chi connectivity index (χ1v) is 6.86. The fourth-order valence-electron chi connectivity index (χ4n) is 2.60. The SMILES string of the molecule is NC(=O)c1cccc2[nH]c(-c3cnc4ccccc4n3)cc12. The molecule has 0 bridgehead atoms. The lowest BCUT2D eigenvalue weighted by Crippen LogP contribution is -2.10. The molecule has 0 radical (unpaired) electrons. The highest BCUT2D eigenvalue weighted by Gasteiger charge is 2.11. The van der Waals surface area contributed by atoms with Gasteiger partial charge in [0.2, 0.25) is 5.91 Å². The number of H-pyrrole nitrogens is 1. The molecule has 2 aromatic heterocycles. The molecule has 22 heavy (non-hydrogen) atoms. The summed E-state index contributed by atoms with van der Waals surface area (Å²) in [6.07, 6.45) is 1.72. The van der Waals surface area contributed by atoms with E-state index in [4.69, 9.17) is 5.73 Å².